The molecular weight excluding hydrogens is 349 g/mol. The van der Waals surface area contributed by atoms with Crippen molar-refractivity contribution in [2.24, 2.45) is 0 Å². The Labute approximate surface area is 139 Å². The average Bonchev–Trinajstić information content (AvgIpc) is 2.87. The quantitative estimate of drug-likeness (QED) is 0.824. The van der Waals surface area contributed by atoms with Gasteiger partial charge in [0.15, 0.2) is 11.6 Å². The molecule has 9 heteroatoms. The number of aromatic nitrogens is 1. The predicted molar refractivity (Wildman–Crippen MR) is 79.7 cm³/mol. The minimum absolute atomic E-state index is 0.0981. The molecule has 1 aliphatic rings. The summed E-state index contributed by atoms with van der Waals surface area (Å²) in [5.41, 5.74) is -1.89. The van der Waals surface area contributed by atoms with Gasteiger partial charge in [-0.25, -0.2) is 9.69 Å². The molecule has 3 rings (SSSR count). The van der Waals surface area contributed by atoms with Gasteiger partial charge in [-0.1, -0.05) is 23.2 Å². The van der Waals surface area contributed by atoms with Crippen LogP contribution in [0.2, 0.25) is 5.02 Å². The molecule has 2 aromatic rings. The van der Waals surface area contributed by atoms with Crippen LogP contribution in [0, 0.1) is 0 Å². The highest BCUT2D eigenvalue weighted by molar-refractivity contribution is 6.30. The summed E-state index contributed by atoms with van der Waals surface area (Å²) in [5.74, 6) is -0.591. The molecule has 1 heterocycles. The van der Waals surface area contributed by atoms with E-state index < -0.39 is 17.7 Å². The molecule has 0 aliphatic heterocycles. The number of hydrogen-bond acceptors (Lipinski definition) is 3. The van der Waals surface area contributed by atoms with Gasteiger partial charge in [-0.05, 0) is 37.1 Å². The van der Waals surface area contributed by atoms with Gasteiger partial charge in [0, 0.05) is 11.1 Å². The zero-order valence-electron chi connectivity index (χ0n) is 12.2. The van der Waals surface area contributed by atoms with E-state index in [9.17, 15) is 23.1 Å². The lowest BCUT2D eigenvalue weighted by molar-refractivity contribution is -0.218. The summed E-state index contributed by atoms with van der Waals surface area (Å²) in [6.07, 6.45) is -5.64. The molecule has 0 spiro atoms. The lowest BCUT2D eigenvalue weighted by Gasteiger charge is -2.40. The van der Waals surface area contributed by atoms with E-state index in [4.69, 9.17) is 16.1 Å². The minimum atomic E-state index is -4.48. The van der Waals surface area contributed by atoms with Crippen LogP contribution >= 0.6 is 11.6 Å². The molecule has 1 saturated carbocycles. The number of carboxylic acid groups (broad SMARTS) is 1. The van der Waals surface area contributed by atoms with E-state index in [1.165, 1.54) is 24.3 Å². The predicted octanol–water partition coefficient (Wildman–Crippen LogP) is 5.13. The Bertz CT molecular complexity index is 754. The highest BCUT2D eigenvalue weighted by Gasteiger charge is 2.62. The molecule has 1 N–H and O–H groups in total. The van der Waals surface area contributed by atoms with E-state index in [1.54, 1.807) is 0 Å². The van der Waals surface area contributed by atoms with E-state index >= 15 is 0 Å². The third-order valence-corrected chi connectivity index (χ3v) is 4.48. The smallest absolute Gasteiger partial charge is 0.417 e. The standard InChI is InChI=1S/C15H12ClF3N2O3/c16-9-2-4-10(5-3-9)21(13(22)23)12-8-11(24-20-12)14(6-1-7-14)15(17,18)19/h2-5,8H,1,6-7H2,(H,22,23). The van der Waals surface area contributed by atoms with Crippen molar-refractivity contribution < 1.29 is 27.6 Å². The first-order chi connectivity index (χ1) is 11.2. The number of halogens is 4. The Morgan fingerprint density at radius 2 is 1.92 bits per heavy atom. The zero-order chi connectivity index (χ0) is 17.5. The van der Waals surface area contributed by atoms with Gasteiger partial charge in [0.2, 0.25) is 0 Å². The van der Waals surface area contributed by atoms with Crippen LogP contribution in [0.25, 0.3) is 0 Å². The van der Waals surface area contributed by atoms with E-state index in [0.717, 1.165) is 11.0 Å². The molecule has 1 aliphatic carbocycles. The first-order valence-electron chi connectivity index (χ1n) is 7.07. The third kappa shape index (κ3) is 2.60. The first-order valence-corrected chi connectivity index (χ1v) is 7.45. The summed E-state index contributed by atoms with van der Waals surface area (Å²) in [4.78, 5) is 12.3. The molecule has 1 aromatic carbocycles. The SMILES string of the molecule is O=C(O)N(c1ccc(Cl)cc1)c1cc(C2(C(F)(F)F)CCC2)on1. The molecule has 0 saturated heterocycles. The summed E-state index contributed by atoms with van der Waals surface area (Å²) < 4.78 is 44.9. The number of rotatable bonds is 3. The number of benzene rings is 1. The van der Waals surface area contributed by atoms with E-state index in [1.807, 2.05) is 0 Å². The van der Waals surface area contributed by atoms with Crippen molar-refractivity contribution in [3.05, 3.63) is 41.1 Å². The van der Waals surface area contributed by atoms with Crippen molar-refractivity contribution in [2.75, 3.05) is 4.90 Å². The van der Waals surface area contributed by atoms with Gasteiger partial charge >= 0.3 is 12.3 Å². The first kappa shape index (κ1) is 16.6. The Morgan fingerprint density at radius 1 is 1.29 bits per heavy atom. The van der Waals surface area contributed by atoms with Crippen LogP contribution in [-0.4, -0.2) is 22.5 Å². The van der Waals surface area contributed by atoms with Crippen LogP contribution in [0.4, 0.5) is 29.5 Å². The van der Waals surface area contributed by atoms with Gasteiger partial charge in [-0.15, -0.1) is 0 Å². The molecule has 128 valence electrons. The number of carbonyl (C=O) groups is 1. The van der Waals surface area contributed by atoms with Crippen molar-refractivity contribution in [2.45, 2.75) is 30.9 Å². The molecule has 5 nitrogen and oxygen atoms in total. The second-order valence-corrected chi connectivity index (χ2v) is 6.01. The Balaban J connectivity index is 1.98. The van der Waals surface area contributed by atoms with Gasteiger partial charge in [0.1, 0.15) is 5.41 Å². The van der Waals surface area contributed by atoms with Crippen LogP contribution in [0.3, 0.4) is 0 Å². The number of alkyl halides is 3. The largest absolute Gasteiger partial charge is 0.464 e. The summed E-state index contributed by atoms with van der Waals surface area (Å²) >= 11 is 5.76. The van der Waals surface area contributed by atoms with Crippen LogP contribution in [0.15, 0.2) is 34.9 Å². The highest BCUT2D eigenvalue weighted by atomic mass is 35.5. The maximum atomic E-state index is 13.3. The third-order valence-electron chi connectivity index (χ3n) is 4.22. The van der Waals surface area contributed by atoms with E-state index in [0.29, 0.717) is 11.4 Å². The fraction of sp³-hybridized carbons (Fsp3) is 0.333. The lowest BCUT2D eigenvalue weighted by atomic mass is 9.66. The molecule has 1 amide bonds. The molecule has 1 fully saturated rings. The Kier molecular flexibility index (Phi) is 3.95. The highest BCUT2D eigenvalue weighted by Crippen LogP contribution is 2.55. The molecule has 0 radical (unpaired) electrons. The molecular formula is C15H12ClF3N2O3. The van der Waals surface area contributed by atoms with Gasteiger partial charge in [0.05, 0.1) is 5.69 Å². The van der Waals surface area contributed by atoms with Crippen molar-refractivity contribution >= 4 is 29.2 Å². The fourth-order valence-electron chi connectivity index (χ4n) is 2.73. The number of nitrogens with zero attached hydrogens (tertiary/aromatic N) is 2. The van der Waals surface area contributed by atoms with Crippen molar-refractivity contribution in [1.29, 1.82) is 0 Å². The molecule has 0 unspecified atom stereocenters. The van der Waals surface area contributed by atoms with Crippen LogP contribution < -0.4 is 4.90 Å². The topological polar surface area (TPSA) is 66.6 Å². The maximum absolute atomic E-state index is 13.3. The molecule has 24 heavy (non-hydrogen) atoms. The second kappa shape index (κ2) is 5.70. The summed E-state index contributed by atoms with van der Waals surface area (Å²) in [6.45, 7) is 0. The fourth-order valence-corrected chi connectivity index (χ4v) is 2.85. The van der Waals surface area contributed by atoms with Crippen LogP contribution in [-0.2, 0) is 5.41 Å². The average molecular weight is 361 g/mol. The molecule has 0 atom stereocenters. The normalized spacial score (nSPS) is 16.5. The minimum Gasteiger partial charge on any atom is -0.464 e. The van der Waals surface area contributed by atoms with Gasteiger partial charge in [0.25, 0.3) is 0 Å². The maximum Gasteiger partial charge on any atom is 0.417 e. The number of anilines is 2. The molecule has 0 bridgehead atoms. The van der Waals surface area contributed by atoms with Crippen molar-refractivity contribution in [3.8, 4) is 0 Å². The number of hydrogen-bond donors (Lipinski definition) is 1. The van der Waals surface area contributed by atoms with E-state index in [2.05, 4.69) is 5.16 Å². The second-order valence-electron chi connectivity index (χ2n) is 5.58. The van der Waals surface area contributed by atoms with Crippen LogP contribution in [0.1, 0.15) is 25.0 Å². The monoisotopic (exact) mass is 360 g/mol. The Hall–Kier alpha value is -2.22. The van der Waals surface area contributed by atoms with Crippen molar-refractivity contribution in [3.63, 3.8) is 0 Å². The summed E-state index contributed by atoms with van der Waals surface area (Å²) in [6, 6.07) is 6.82. The van der Waals surface area contributed by atoms with Crippen LogP contribution in [0.5, 0.6) is 0 Å². The molecule has 1 aromatic heterocycles. The van der Waals surface area contributed by atoms with Gasteiger partial charge in [-0.3, -0.25) is 0 Å². The van der Waals surface area contributed by atoms with Crippen molar-refractivity contribution in [1.82, 2.24) is 5.16 Å². The van der Waals surface area contributed by atoms with Gasteiger partial charge in [-0.2, -0.15) is 13.2 Å². The van der Waals surface area contributed by atoms with Gasteiger partial charge < -0.3 is 9.63 Å². The summed E-state index contributed by atoms with van der Waals surface area (Å²) in [5, 5.41) is 13.3. The zero-order valence-corrected chi connectivity index (χ0v) is 12.9. The van der Waals surface area contributed by atoms with E-state index in [-0.39, 0.29) is 30.1 Å². The Morgan fingerprint density at radius 3 is 2.38 bits per heavy atom. The summed E-state index contributed by atoms with van der Waals surface area (Å²) in [7, 11) is 0. The number of amides is 1. The lowest BCUT2D eigenvalue weighted by Crippen LogP contribution is -2.47.